The number of anilines is 1. The first-order chi connectivity index (χ1) is 8.70. The van der Waals surface area contributed by atoms with Crippen molar-refractivity contribution in [3.05, 3.63) is 29.8 Å². The predicted molar refractivity (Wildman–Crippen MR) is 79.8 cm³/mol. The number of hydrogen-bond acceptors (Lipinski definition) is 2. The van der Waals surface area contributed by atoms with Gasteiger partial charge in [0.2, 0.25) is 0 Å². The van der Waals surface area contributed by atoms with Crippen molar-refractivity contribution in [1.82, 2.24) is 0 Å². The van der Waals surface area contributed by atoms with E-state index in [9.17, 15) is 4.79 Å². The van der Waals surface area contributed by atoms with Crippen molar-refractivity contribution in [2.24, 2.45) is 5.92 Å². The van der Waals surface area contributed by atoms with Crippen LogP contribution in [0, 0.1) is 5.92 Å². The maximum Gasteiger partial charge on any atom is 0.323 e. The van der Waals surface area contributed by atoms with Gasteiger partial charge in [-0.3, -0.25) is 4.79 Å². The van der Waals surface area contributed by atoms with Gasteiger partial charge in [-0.15, -0.1) is 0 Å². The fourth-order valence-corrected chi connectivity index (χ4v) is 2.04. The Hall–Kier alpha value is -1.51. The Bertz CT molecular complexity index is 415. The molecule has 19 heavy (non-hydrogen) atoms. The van der Waals surface area contributed by atoms with Crippen LogP contribution in [0.25, 0.3) is 0 Å². The van der Waals surface area contributed by atoms with Crippen LogP contribution >= 0.6 is 0 Å². The van der Waals surface area contributed by atoms with Gasteiger partial charge in [0, 0.05) is 12.2 Å². The normalized spacial score (nSPS) is 11.7. The molecule has 0 saturated heterocycles. The monoisotopic (exact) mass is 263 g/mol. The number of carbonyl (C=O) groups is 1. The zero-order chi connectivity index (χ0) is 14.6. The molecule has 0 aliphatic rings. The highest BCUT2D eigenvalue weighted by molar-refractivity contribution is 5.73. The maximum absolute atomic E-state index is 10.9. The summed E-state index contributed by atoms with van der Waals surface area (Å²) >= 11 is 0. The molecule has 0 aliphatic carbocycles. The Balaban J connectivity index is 2.93. The molecular weight excluding hydrogens is 238 g/mol. The second-order valence-corrected chi connectivity index (χ2v) is 6.46. The summed E-state index contributed by atoms with van der Waals surface area (Å²) in [4.78, 5) is 12.9. The van der Waals surface area contributed by atoms with Crippen LogP contribution in [0.15, 0.2) is 24.3 Å². The summed E-state index contributed by atoms with van der Waals surface area (Å²) in [6, 6.07) is 8.22. The van der Waals surface area contributed by atoms with Crippen LogP contribution in [0.3, 0.4) is 0 Å². The van der Waals surface area contributed by atoms with Crippen molar-refractivity contribution in [1.29, 1.82) is 0 Å². The van der Waals surface area contributed by atoms with Crippen LogP contribution in [0.2, 0.25) is 0 Å². The van der Waals surface area contributed by atoms with E-state index < -0.39 is 5.97 Å². The van der Waals surface area contributed by atoms with Crippen molar-refractivity contribution < 1.29 is 9.90 Å². The first kappa shape index (κ1) is 15.5. The molecule has 1 aromatic rings. The minimum absolute atomic E-state index is 0.0487. The minimum atomic E-state index is -0.791. The minimum Gasteiger partial charge on any atom is -0.480 e. The van der Waals surface area contributed by atoms with Crippen LogP contribution in [0.1, 0.15) is 40.2 Å². The van der Waals surface area contributed by atoms with Gasteiger partial charge in [0.05, 0.1) is 0 Å². The number of nitrogens with zero attached hydrogens (tertiary/aromatic N) is 1. The van der Waals surface area contributed by atoms with Crippen LogP contribution in [-0.2, 0) is 10.2 Å². The molecule has 106 valence electrons. The summed E-state index contributed by atoms with van der Waals surface area (Å²) in [5.74, 6) is -0.359. The Morgan fingerprint density at radius 3 is 2.11 bits per heavy atom. The molecule has 0 unspecified atom stereocenters. The van der Waals surface area contributed by atoms with Gasteiger partial charge in [-0.05, 0) is 29.0 Å². The van der Waals surface area contributed by atoms with Crippen molar-refractivity contribution in [3.63, 3.8) is 0 Å². The first-order valence-corrected chi connectivity index (χ1v) is 6.77. The largest absolute Gasteiger partial charge is 0.480 e. The van der Waals surface area contributed by atoms with E-state index in [0.717, 1.165) is 12.2 Å². The molecule has 0 spiro atoms. The zero-order valence-electron chi connectivity index (χ0n) is 12.6. The van der Waals surface area contributed by atoms with Crippen LogP contribution < -0.4 is 4.90 Å². The first-order valence-electron chi connectivity index (χ1n) is 6.77. The highest BCUT2D eigenvalue weighted by atomic mass is 16.4. The lowest BCUT2D eigenvalue weighted by molar-refractivity contribution is -0.135. The Labute approximate surface area is 116 Å². The molecular formula is C16H25NO2. The van der Waals surface area contributed by atoms with Gasteiger partial charge in [-0.1, -0.05) is 46.8 Å². The average molecular weight is 263 g/mol. The summed E-state index contributed by atoms with van der Waals surface area (Å²) in [6.45, 7) is 11.5. The van der Waals surface area contributed by atoms with E-state index in [1.807, 2.05) is 17.0 Å². The van der Waals surface area contributed by atoms with E-state index in [0.29, 0.717) is 5.92 Å². The second-order valence-electron chi connectivity index (χ2n) is 6.46. The summed E-state index contributed by atoms with van der Waals surface area (Å²) in [5.41, 5.74) is 2.36. The van der Waals surface area contributed by atoms with Gasteiger partial charge >= 0.3 is 5.97 Å². The van der Waals surface area contributed by atoms with E-state index in [1.54, 1.807) is 0 Å². The number of hydrogen-bond donors (Lipinski definition) is 1. The molecule has 0 atom stereocenters. The third-order valence-corrected chi connectivity index (χ3v) is 3.01. The molecule has 0 amide bonds. The highest BCUT2D eigenvalue weighted by Gasteiger charge is 2.16. The fourth-order valence-electron chi connectivity index (χ4n) is 2.04. The summed E-state index contributed by atoms with van der Waals surface area (Å²) in [7, 11) is 0. The van der Waals surface area contributed by atoms with Crippen LogP contribution in [0.4, 0.5) is 5.69 Å². The van der Waals surface area contributed by atoms with Gasteiger partial charge in [0.1, 0.15) is 6.54 Å². The molecule has 1 N–H and O–H groups in total. The number of rotatable bonds is 5. The van der Waals surface area contributed by atoms with Crippen molar-refractivity contribution >= 4 is 11.7 Å². The van der Waals surface area contributed by atoms with E-state index >= 15 is 0 Å². The number of benzene rings is 1. The molecule has 1 aromatic carbocycles. The summed E-state index contributed by atoms with van der Waals surface area (Å²) in [6.07, 6.45) is 0. The fraction of sp³-hybridized carbons (Fsp3) is 0.562. The standard InChI is InChI=1S/C16H25NO2/c1-12(2)10-17(11-15(18)19)14-8-6-13(7-9-14)16(3,4)5/h6-9,12H,10-11H2,1-5H3,(H,18,19). The second kappa shape index (κ2) is 6.09. The van der Waals surface area contributed by atoms with Gasteiger partial charge in [0.15, 0.2) is 0 Å². The van der Waals surface area contributed by atoms with E-state index in [1.165, 1.54) is 5.56 Å². The van der Waals surface area contributed by atoms with Crippen molar-refractivity contribution in [2.75, 3.05) is 18.0 Å². The molecule has 0 aromatic heterocycles. The third kappa shape index (κ3) is 4.93. The van der Waals surface area contributed by atoms with Crippen molar-refractivity contribution in [2.45, 2.75) is 40.0 Å². The topological polar surface area (TPSA) is 40.5 Å². The number of aliphatic carboxylic acids is 1. The van der Waals surface area contributed by atoms with Gasteiger partial charge < -0.3 is 10.0 Å². The molecule has 0 saturated carbocycles. The third-order valence-electron chi connectivity index (χ3n) is 3.01. The molecule has 3 heteroatoms. The smallest absolute Gasteiger partial charge is 0.323 e. The van der Waals surface area contributed by atoms with E-state index in [-0.39, 0.29) is 12.0 Å². The van der Waals surface area contributed by atoms with E-state index in [4.69, 9.17) is 5.11 Å². The molecule has 0 heterocycles. The lowest BCUT2D eigenvalue weighted by Crippen LogP contribution is -2.33. The Morgan fingerprint density at radius 2 is 1.74 bits per heavy atom. The quantitative estimate of drug-likeness (QED) is 0.883. The molecule has 0 aliphatic heterocycles. The Morgan fingerprint density at radius 1 is 1.21 bits per heavy atom. The molecule has 0 radical (unpaired) electrons. The predicted octanol–water partition coefficient (Wildman–Crippen LogP) is 3.53. The van der Waals surface area contributed by atoms with Gasteiger partial charge in [-0.2, -0.15) is 0 Å². The van der Waals surface area contributed by atoms with Crippen LogP contribution in [-0.4, -0.2) is 24.2 Å². The Kier molecular flexibility index (Phi) is 4.98. The van der Waals surface area contributed by atoms with Crippen LogP contribution in [0.5, 0.6) is 0 Å². The molecule has 0 fully saturated rings. The van der Waals surface area contributed by atoms with Gasteiger partial charge in [0.25, 0.3) is 0 Å². The molecule has 0 bridgehead atoms. The summed E-state index contributed by atoms with van der Waals surface area (Å²) in [5, 5.41) is 9.00. The number of carboxylic acids is 1. The highest BCUT2D eigenvalue weighted by Crippen LogP contribution is 2.25. The lowest BCUT2D eigenvalue weighted by atomic mass is 9.87. The van der Waals surface area contributed by atoms with Crippen molar-refractivity contribution in [3.8, 4) is 0 Å². The summed E-state index contributed by atoms with van der Waals surface area (Å²) < 4.78 is 0. The number of carboxylic acid groups (broad SMARTS) is 1. The maximum atomic E-state index is 10.9. The SMILES string of the molecule is CC(C)CN(CC(=O)O)c1ccc(C(C)(C)C)cc1. The average Bonchev–Trinajstić information content (AvgIpc) is 2.26. The van der Waals surface area contributed by atoms with Gasteiger partial charge in [-0.25, -0.2) is 0 Å². The van der Waals surface area contributed by atoms with E-state index in [2.05, 4.69) is 46.8 Å². The zero-order valence-corrected chi connectivity index (χ0v) is 12.6. The molecule has 3 nitrogen and oxygen atoms in total. The molecule has 1 rings (SSSR count). The lowest BCUT2D eigenvalue weighted by Gasteiger charge is -2.26.